The highest BCUT2D eigenvalue weighted by atomic mass is 35.5. The Kier molecular flexibility index (Phi) is 3.36. The molecule has 19 heavy (non-hydrogen) atoms. The van der Waals surface area contributed by atoms with Gasteiger partial charge in [-0.2, -0.15) is 0 Å². The van der Waals surface area contributed by atoms with Gasteiger partial charge in [0.05, 0.1) is 26.3 Å². The largest absolute Gasteiger partial charge is 0.248 e. The van der Waals surface area contributed by atoms with E-state index in [2.05, 4.69) is 4.98 Å². The standard InChI is InChI=1S/C15H8Cl3N/c16-11-7-10(8-12(17)15(11)18)14-6-5-9-3-1-2-4-13(9)19-14/h1-8H. The van der Waals surface area contributed by atoms with E-state index in [4.69, 9.17) is 34.8 Å². The first-order valence-corrected chi connectivity index (χ1v) is 6.79. The van der Waals surface area contributed by atoms with Crippen molar-refractivity contribution >= 4 is 45.7 Å². The molecule has 1 heterocycles. The van der Waals surface area contributed by atoms with Crippen molar-refractivity contribution in [3.05, 3.63) is 63.6 Å². The molecule has 2 aromatic carbocycles. The number of halogens is 3. The molecular formula is C15H8Cl3N. The normalized spacial score (nSPS) is 10.9. The van der Waals surface area contributed by atoms with Gasteiger partial charge in [-0.25, -0.2) is 4.98 Å². The van der Waals surface area contributed by atoms with Crippen molar-refractivity contribution in [2.75, 3.05) is 0 Å². The fraction of sp³-hybridized carbons (Fsp3) is 0. The van der Waals surface area contributed by atoms with E-state index in [0.717, 1.165) is 22.2 Å². The number of rotatable bonds is 1. The molecule has 3 aromatic rings. The van der Waals surface area contributed by atoms with Gasteiger partial charge < -0.3 is 0 Å². The third-order valence-corrected chi connectivity index (χ3v) is 4.07. The summed E-state index contributed by atoms with van der Waals surface area (Å²) < 4.78 is 0. The van der Waals surface area contributed by atoms with Gasteiger partial charge >= 0.3 is 0 Å². The molecule has 0 bridgehead atoms. The van der Waals surface area contributed by atoms with E-state index < -0.39 is 0 Å². The van der Waals surface area contributed by atoms with Crippen molar-refractivity contribution in [3.63, 3.8) is 0 Å². The van der Waals surface area contributed by atoms with Crippen molar-refractivity contribution in [3.8, 4) is 11.3 Å². The van der Waals surface area contributed by atoms with Crippen molar-refractivity contribution in [2.24, 2.45) is 0 Å². The minimum atomic E-state index is 0.368. The zero-order chi connectivity index (χ0) is 13.4. The summed E-state index contributed by atoms with van der Waals surface area (Å²) in [6.07, 6.45) is 0. The molecule has 0 amide bonds. The van der Waals surface area contributed by atoms with E-state index in [1.807, 2.05) is 36.4 Å². The van der Waals surface area contributed by atoms with Gasteiger partial charge in [-0.1, -0.05) is 59.1 Å². The fourth-order valence-corrected chi connectivity index (χ4v) is 2.53. The van der Waals surface area contributed by atoms with E-state index in [1.54, 1.807) is 12.1 Å². The molecule has 0 aliphatic carbocycles. The number of para-hydroxylation sites is 1. The van der Waals surface area contributed by atoms with E-state index in [9.17, 15) is 0 Å². The number of benzene rings is 2. The first kappa shape index (κ1) is 12.7. The Bertz CT molecular complexity index is 745. The van der Waals surface area contributed by atoms with Crippen LogP contribution in [-0.2, 0) is 0 Å². The van der Waals surface area contributed by atoms with Crippen LogP contribution in [0.4, 0.5) is 0 Å². The molecule has 0 aliphatic rings. The monoisotopic (exact) mass is 307 g/mol. The number of fused-ring (bicyclic) bond motifs is 1. The second-order valence-electron chi connectivity index (χ2n) is 4.14. The molecule has 0 saturated heterocycles. The lowest BCUT2D eigenvalue weighted by Gasteiger charge is -2.06. The van der Waals surface area contributed by atoms with Gasteiger partial charge in [0.2, 0.25) is 0 Å². The van der Waals surface area contributed by atoms with Crippen molar-refractivity contribution < 1.29 is 0 Å². The number of hydrogen-bond acceptors (Lipinski definition) is 1. The number of nitrogens with zero attached hydrogens (tertiary/aromatic N) is 1. The van der Waals surface area contributed by atoms with Crippen LogP contribution in [0.2, 0.25) is 15.1 Å². The molecular weight excluding hydrogens is 301 g/mol. The van der Waals surface area contributed by atoms with Crippen molar-refractivity contribution in [1.82, 2.24) is 4.98 Å². The lowest BCUT2D eigenvalue weighted by atomic mass is 10.1. The molecule has 0 atom stereocenters. The maximum Gasteiger partial charge on any atom is 0.0778 e. The van der Waals surface area contributed by atoms with Crippen molar-refractivity contribution in [2.45, 2.75) is 0 Å². The molecule has 0 aliphatic heterocycles. The highest BCUT2D eigenvalue weighted by molar-refractivity contribution is 6.48. The Morgan fingerprint density at radius 2 is 1.47 bits per heavy atom. The molecule has 0 spiro atoms. The van der Waals surface area contributed by atoms with Crippen LogP contribution in [0.5, 0.6) is 0 Å². The van der Waals surface area contributed by atoms with E-state index in [-0.39, 0.29) is 0 Å². The second-order valence-corrected chi connectivity index (χ2v) is 5.34. The first-order valence-electron chi connectivity index (χ1n) is 5.66. The molecule has 0 saturated carbocycles. The number of hydrogen-bond donors (Lipinski definition) is 0. The minimum absolute atomic E-state index is 0.368. The third kappa shape index (κ3) is 2.42. The molecule has 0 radical (unpaired) electrons. The molecule has 0 N–H and O–H groups in total. The smallest absolute Gasteiger partial charge is 0.0778 e. The van der Waals surface area contributed by atoms with E-state index >= 15 is 0 Å². The molecule has 94 valence electrons. The Morgan fingerprint density at radius 1 is 0.789 bits per heavy atom. The predicted molar refractivity (Wildman–Crippen MR) is 82.2 cm³/mol. The quantitative estimate of drug-likeness (QED) is 0.513. The molecule has 0 unspecified atom stereocenters. The Morgan fingerprint density at radius 3 is 2.21 bits per heavy atom. The average Bonchev–Trinajstić information content (AvgIpc) is 2.43. The molecule has 4 heteroatoms. The van der Waals surface area contributed by atoms with Crippen LogP contribution in [0.15, 0.2) is 48.5 Å². The second kappa shape index (κ2) is 5.01. The Hall–Kier alpha value is -1.28. The number of aromatic nitrogens is 1. The topological polar surface area (TPSA) is 12.9 Å². The maximum absolute atomic E-state index is 6.04. The molecule has 1 aromatic heterocycles. The molecule has 3 rings (SSSR count). The van der Waals surface area contributed by atoms with E-state index in [1.165, 1.54) is 0 Å². The summed E-state index contributed by atoms with van der Waals surface area (Å²) in [6.45, 7) is 0. The van der Waals surface area contributed by atoms with Crippen LogP contribution in [0.25, 0.3) is 22.2 Å². The first-order chi connectivity index (χ1) is 9.15. The summed E-state index contributed by atoms with van der Waals surface area (Å²) in [5.74, 6) is 0. The van der Waals surface area contributed by atoms with Gasteiger partial charge in [0.25, 0.3) is 0 Å². The molecule has 1 nitrogen and oxygen atoms in total. The van der Waals surface area contributed by atoms with Crippen LogP contribution in [0.3, 0.4) is 0 Å². The summed E-state index contributed by atoms with van der Waals surface area (Å²) in [6, 6.07) is 15.4. The van der Waals surface area contributed by atoms with E-state index in [0.29, 0.717) is 15.1 Å². The van der Waals surface area contributed by atoms with Gasteiger partial charge in [0, 0.05) is 10.9 Å². The summed E-state index contributed by atoms with van der Waals surface area (Å²) in [4.78, 5) is 4.60. The maximum atomic E-state index is 6.04. The van der Waals surface area contributed by atoms with Crippen LogP contribution in [0.1, 0.15) is 0 Å². The lowest BCUT2D eigenvalue weighted by molar-refractivity contribution is 1.40. The summed E-state index contributed by atoms with van der Waals surface area (Å²) in [7, 11) is 0. The van der Waals surface area contributed by atoms with Crippen LogP contribution >= 0.6 is 34.8 Å². The van der Waals surface area contributed by atoms with Gasteiger partial charge in [-0.05, 0) is 24.3 Å². The van der Waals surface area contributed by atoms with Crippen LogP contribution < -0.4 is 0 Å². The van der Waals surface area contributed by atoms with Gasteiger partial charge in [-0.3, -0.25) is 0 Å². The summed E-state index contributed by atoms with van der Waals surface area (Å²) in [5, 5.41) is 2.32. The molecule has 0 fully saturated rings. The van der Waals surface area contributed by atoms with Crippen LogP contribution in [0, 0.1) is 0 Å². The Balaban J connectivity index is 2.19. The SMILES string of the molecule is Clc1cc(-c2ccc3ccccc3n2)cc(Cl)c1Cl. The van der Waals surface area contributed by atoms with Crippen molar-refractivity contribution in [1.29, 1.82) is 0 Å². The zero-order valence-electron chi connectivity index (χ0n) is 9.70. The highest BCUT2D eigenvalue weighted by Crippen LogP contribution is 2.34. The fourth-order valence-electron chi connectivity index (χ4n) is 1.93. The van der Waals surface area contributed by atoms with Crippen LogP contribution in [-0.4, -0.2) is 4.98 Å². The van der Waals surface area contributed by atoms with Gasteiger partial charge in [-0.15, -0.1) is 0 Å². The zero-order valence-corrected chi connectivity index (χ0v) is 12.0. The average molecular weight is 309 g/mol. The number of pyridine rings is 1. The lowest BCUT2D eigenvalue weighted by Crippen LogP contribution is -1.86. The highest BCUT2D eigenvalue weighted by Gasteiger charge is 2.08. The van der Waals surface area contributed by atoms with Gasteiger partial charge in [0.1, 0.15) is 0 Å². The van der Waals surface area contributed by atoms with Gasteiger partial charge in [0.15, 0.2) is 0 Å². The summed E-state index contributed by atoms with van der Waals surface area (Å²) >= 11 is 18.0. The Labute approximate surface area is 125 Å². The minimum Gasteiger partial charge on any atom is -0.248 e. The predicted octanol–water partition coefficient (Wildman–Crippen LogP) is 5.86. The third-order valence-electron chi connectivity index (χ3n) is 2.88. The summed E-state index contributed by atoms with van der Waals surface area (Å²) in [5.41, 5.74) is 2.60.